The molecule has 7 heteroatoms. The fourth-order valence-electron chi connectivity index (χ4n) is 1.32. The summed E-state index contributed by atoms with van der Waals surface area (Å²) in [6.45, 7) is 0.140. The zero-order valence-electron chi connectivity index (χ0n) is 8.65. The normalized spacial score (nSPS) is 9.71. The Kier molecular flexibility index (Phi) is 4.08. The molecule has 0 unspecified atom stereocenters. The second kappa shape index (κ2) is 5.53. The first kappa shape index (κ1) is 12.5. The van der Waals surface area contributed by atoms with Crippen molar-refractivity contribution in [2.24, 2.45) is 5.11 Å². The van der Waals surface area contributed by atoms with Crippen molar-refractivity contribution in [3.8, 4) is 0 Å². The smallest absolute Gasteiger partial charge is 0.322 e. The quantitative estimate of drug-likeness (QED) is 0.349. The van der Waals surface area contributed by atoms with Gasteiger partial charge in [-0.05, 0) is 16.7 Å². The van der Waals surface area contributed by atoms with Crippen LogP contribution in [-0.2, 0) is 16.1 Å². The molecule has 0 bridgehead atoms. The van der Waals surface area contributed by atoms with E-state index in [1.165, 1.54) is 24.3 Å². The molecule has 0 aliphatic carbocycles. The largest absolute Gasteiger partial charge is 0.480 e. The topological polar surface area (TPSA) is 123 Å². The molecule has 0 aliphatic heterocycles. The number of hydrogen-bond donors (Lipinski definition) is 2. The number of rotatable bonds is 5. The highest BCUT2D eigenvalue weighted by atomic mass is 16.4. The molecule has 0 heterocycles. The molecule has 1 aromatic carbocycles. The van der Waals surface area contributed by atoms with Crippen LogP contribution in [0.4, 0.5) is 0 Å². The molecule has 0 amide bonds. The van der Waals surface area contributed by atoms with Crippen LogP contribution in [0.25, 0.3) is 10.4 Å². The minimum absolute atomic E-state index is 0.140. The van der Waals surface area contributed by atoms with Gasteiger partial charge in [-0.3, -0.25) is 9.59 Å². The van der Waals surface area contributed by atoms with E-state index < -0.39 is 17.9 Å². The molecule has 1 rings (SSSR count). The average Bonchev–Trinajstić information content (AvgIpc) is 2.27. The van der Waals surface area contributed by atoms with Crippen molar-refractivity contribution in [2.45, 2.75) is 12.5 Å². The fourth-order valence-corrected chi connectivity index (χ4v) is 1.32. The molecule has 0 fully saturated rings. The number of hydrogen-bond acceptors (Lipinski definition) is 3. The highest BCUT2D eigenvalue weighted by Gasteiger charge is 2.27. The molecule has 1 aromatic rings. The van der Waals surface area contributed by atoms with E-state index in [0.717, 1.165) is 0 Å². The Hall–Kier alpha value is -2.53. The van der Waals surface area contributed by atoms with E-state index in [-0.39, 0.29) is 12.1 Å². The minimum Gasteiger partial charge on any atom is -0.480 e. The third-order valence-corrected chi connectivity index (χ3v) is 2.12. The van der Waals surface area contributed by atoms with Crippen molar-refractivity contribution in [3.63, 3.8) is 0 Å². The third-order valence-electron chi connectivity index (χ3n) is 2.12. The van der Waals surface area contributed by atoms with Gasteiger partial charge in [-0.1, -0.05) is 29.4 Å². The lowest BCUT2D eigenvalue weighted by molar-refractivity contribution is -0.150. The molecular weight excluding hydrogens is 226 g/mol. The van der Waals surface area contributed by atoms with Crippen LogP contribution in [-0.4, -0.2) is 22.2 Å². The Morgan fingerprint density at radius 1 is 1.24 bits per heavy atom. The van der Waals surface area contributed by atoms with E-state index in [9.17, 15) is 9.59 Å². The summed E-state index contributed by atoms with van der Waals surface area (Å²) < 4.78 is 0. The van der Waals surface area contributed by atoms with Crippen LogP contribution in [0.3, 0.4) is 0 Å². The number of carboxylic acids is 2. The lowest BCUT2D eigenvalue weighted by atomic mass is 9.98. The molecule has 0 atom stereocenters. The third kappa shape index (κ3) is 3.22. The van der Waals surface area contributed by atoms with Gasteiger partial charge in [0.1, 0.15) is 0 Å². The van der Waals surface area contributed by atoms with Crippen molar-refractivity contribution in [2.75, 3.05) is 0 Å². The van der Waals surface area contributed by atoms with Gasteiger partial charge in [0.2, 0.25) is 0 Å². The molecular formula is C10H9N3O4. The van der Waals surface area contributed by atoms with Gasteiger partial charge in [-0.25, -0.2) is 0 Å². The monoisotopic (exact) mass is 235 g/mol. The zero-order valence-corrected chi connectivity index (χ0v) is 8.65. The molecule has 0 saturated heterocycles. The van der Waals surface area contributed by atoms with Crippen molar-refractivity contribution in [1.82, 2.24) is 0 Å². The number of aliphatic carboxylic acids is 2. The molecule has 88 valence electrons. The van der Waals surface area contributed by atoms with Gasteiger partial charge in [-0.15, -0.1) is 0 Å². The Labute approximate surface area is 95.9 Å². The average molecular weight is 235 g/mol. The molecule has 7 nitrogen and oxygen atoms in total. The second-order valence-corrected chi connectivity index (χ2v) is 3.24. The molecule has 0 aromatic heterocycles. The number of carboxylic acid groups (broad SMARTS) is 2. The second-order valence-electron chi connectivity index (χ2n) is 3.24. The maximum Gasteiger partial charge on any atom is 0.322 e. The van der Waals surface area contributed by atoms with Gasteiger partial charge in [0.05, 0.1) is 6.54 Å². The van der Waals surface area contributed by atoms with Crippen LogP contribution in [0.1, 0.15) is 17.0 Å². The van der Waals surface area contributed by atoms with E-state index in [4.69, 9.17) is 15.7 Å². The lowest BCUT2D eigenvalue weighted by Gasteiger charge is -2.07. The summed E-state index contributed by atoms with van der Waals surface area (Å²) in [5.41, 5.74) is 8.98. The Morgan fingerprint density at radius 2 is 1.76 bits per heavy atom. The number of benzene rings is 1. The predicted molar refractivity (Wildman–Crippen MR) is 57.3 cm³/mol. The maximum absolute atomic E-state index is 10.8. The standard InChI is InChI=1S/C10H9N3O4/c11-13-12-5-6-1-3-7(4-2-6)8(9(14)15)10(16)17/h1-4,8H,5H2,(H,14,15)(H,16,17). The molecule has 0 aliphatic rings. The van der Waals surface area contributed by atoms with E-state index in [1.54, 1.807) is 0 Å². The summed E-state index contributed by atoms with van der Waals surface area (Å²) in [5, 5.41) is 20.9. The van der Waals surface area contributed by atoms with E-state index >= 15 is 0 Å². The summed E-state index contributed by atoms with van der Waals surface area (Å²) >= 11 is 0. The van der Waals surface area contributed by atoms with E-state index in [1.807, 2.05) is 0 Å². The minimum atomic E-state index is -1.58. The zero-order chi connectivity index (χ0) is 12.8. The summed E-state index contributed by atoms with van der Waals surface area (Å²) in [4.78, 5) is 24.1. The first-order valence-corrected chi connectivity index (χ1v) is 4.61. The SMILES string of the molecule is [N-]=[N+]=NCc1ccc(C(C(=O)O)C(=O)O)cc1. The highest BCUT2D eigenvalue weighted by molar-refractivity contribution is 5.98. The van der Waals surface area contributed by atoms with Crippen molar-refractivity contribution < 1.29 is 19.8 Å². The van der Waals surface area contributed by atoms with Crippen molar-refractivity contribution in [1.29, 1.82) is 0 Å². The highest BCUT2D eigenvalue weighted by Crippen LogP contribution is 2.17. The fraction of sp³-hybridized carbons (Fsp3) is 0.200. The van der Waals surface area contributed by atoms with Gasteiger partial charge in [0.15, 0.2) is 5.92 Å². The van der Waals surface area contributed by atoms with Gasteiger partial charge >= 0.3 is 11.9 Å². The van der Waals surface area contributed by atoms with Crippen LogP contribution < -0.4 is 0 Å². The van der Waals surface area contributed by atoms with Gasteiger partial charge in [0, 0.05) is 4.91 Å². The van der Waals surface area contributed by atoms with Crippen molar-refractivity contribution >= 4 is 11.9 Å². The van der Waals surface area contributed by atoms with Crippen LogP contribution >= 0.6 is 0 Å². The Morgan fingerprint density at radius 3 is 2.18 bits per heavy atom. The lowest BCUT2D eigenvalue weighted by Crippen LogP contribution is -2.20. The first-order valence-electron chi connectivity index (χ1n) is 4.61. The van der Waals surface area contributed by atoms with Gasteiger partial charge in [-0.2, -0.15) is 0 Å². The first-order chi connectivity index (χ1) is 8.06. The molecule has 2 N–H and O–H groups in total. The van der Waals surface area contributed by atoms with Gasteiger partial charge < -0.3 is 10.2 Å². The van der Waals surface area contributed by atoms with E-state index in [0.29, 0.717) is 5.56 Å². The molecule has 0 radical (unpaired) electrons. The number of carbonyl (C=O) groups is 2. The Balaban J connectivity index is 2.95. The van der Waals surface area contributed by atoms with Crippen LogP contribution in [0.15, 0.2) is 29.4 Å². The summed E-state index contributed by atoms with van der Waals surface area (Å²) in [7, 11) is 0. The predicted octanol–water partition coefficient (Wildman–Crippen LogP) is 1.75. The summed E-state index contributed by atoms with van der Waals surface area (Å²) in [5.74, 6) is -4.41. The number of nitrogens with zero attached hydrogens (tertiary/aromatic N) is 3. The number of azide groups is 1. The van der Waals surface area contributed by atoms with Gasteiger partial charge in [0.25, 0.3) is 0 Å². The van der Waals surface area contributed by atoms with Crippen LogP contribution in [0.2, 0.25) is 0 Å². The van der Waals surface area contributed by atoms with Crippen molar-refractivity contribution in [3.05, 3.63) is 45.8 Å². The Bertz CT molecular complexity index is 463. The summed E-state index contributed by atoms with van der Waals surface area (Å²) in [6.07, 6.45) is 0. The van der Waals surface area contributed by atoms with E-state index in [2.05, 4.69) is 10.0 Å². The van der Waals surface area contributed by atoms with Crippen LogP contribution in [0.5, 0.6) is 0 Å². The molecule has 0 saturated carbocycles. The van der Waals surface area contributed by atoms with Crippen LogP contribution in [0, 0.1) is 0 Å². The molecule has 17 heavy (non-hydrogen) atoms. The maximum atomic E-state index is 10.8. The molecule has 0 spiro atoms. The summed E-state index contributed by atoms with van der Waals surface area (Å²) in [6, 6.07) is 5.86.